The molecule has 1 aliphatic heterocycles. The van der Waals surface area contributed by atoms with Crippen LogP contribution in [0.1, 0.15) is 23.8 Å². The molecule has 4 nitrogen and oxygen atoms in total. The number of amides is 1. The minimum absolute atomic E-state index is 0. The number of hydrogen-bond donors (Lipinski definition) is 2. The van der Waals surface area contributed by atoms with E-state index in [1.807, 2.05) is 0 Å². The van der Waals surface area contributed by atoms with Crippen LogP contribution in [-0.4, -0.2) is 30.0 Å². The van der Waals surface area contributed by atoms with E-state index in [4.69, 9.17) is 0 Å². The normalized spacial score (nSPS) is 19.8. The highest BCUT2D eigenvalue weighted by molar-refractivity contribution is 7.13. The van der Waals surface area contributed by atoms with Crippen molar-refractivity contribution in [1.29, 1.82) is 0 Å². The molecule has 2 heterocycles. The summed E-state index contributed by atoms with van der Waals surface area (Å²) in [4.78, 5) is 16.7. The fourth-order valence-electron chi connectivity index (χ4n) is 2.53. The molecule has 2 N–H and O–H groups in total. The molecular formula is C16H20Cl2FN3OS. The van der Waals surface area contributed by atoms with Crippen LogP contribution >= 0.6 is 36.2 Å². The fraction of sp³-hybridized carbons (Fsp3) is 0.375. The standard InChI is InChI=1S/C16H18FN3OS.2ClH/c1-10-6-7-18-8-13(10)19-15(21)14-9-22-16(20-14)11-2-4-12(17)5-3-11;;/h2-5,9-10,13,18H,6-8H2,1H3,(H,19,21);2*1H. The number of piperidine rings is 1. The molecule has 2 atom stereocenters. The zero-order valence-corrected chi connectivity index (χ0v) is 15.6. The Morgan fingerprint density at radius 2 is 2.04 bits per heavy atom. The third-order valence-corrected chi connectivity index (χ3v) is 4.86. The summed E-state index contributed by atoms with van der Waals surface area (Å²) in [5.41, 5.74) is 1.24. The van der Waals surface area contributed by atoms with E-state index in [2.05, 4.69) is 22.5 Å². The van der Waals surface area contributed by atoms with Gasteiger partial charge in [-0.1, -0.05) is 6.92 Å². The SMILES string of the molecule is CC1CCNCC1NC(=O)c1csc(-c2ccc(F)cc2)n1.Cl.Cl. The summed E-state index contributed by atoms with van der Waals surface area (Å²) in [6.07, 6.45) is 1.06. The Morgan fingerprint density at radius 3 is 2.71 bits per heavy atom. The maximum absolute atomic E-state index is 12.9. The molecule has 1 aromatic heterocycles. The lowest BCUT2D eigenvalue weighted by atomic mass is 9.95. The summed E-state index contributed by atoms with van der Waals surface area (Å²) >= 11 is 1.39. The molecule has 1 amide bonds. The summed E-state index contributed by atoms with van der Waals surface area (Å²) < 4.78 is 12.9. The van der Waals surface area contributed by atoms with Crippen LogP contribution in [0.5, 0.6) is 0 Å². The number of nitrogens with one attached hydrogen (secondary N) is 2. The summed E-state index contributed by atoms with van der Waals surface area (Å²) in [5, 5.41) is 8.80. The zero-order valence-electron chi connectivity index (χ0n) is 13.1. The lowest BCUT2D eigenvalue weighted by Gasteiger charge is -2.29. The van der Waals surface area contributed by atoms with Gasteiger partial charge >= 0.3 is 0 Å². The first-order chi connectivity index (χ1) is 10.6. The first kappa shape index (κ1) is 20.8. The third kappa shape index (κ3) is 4.89. The maximum atomic E-state index is 12.9. The molecule has 132 valence electrons. The van der Waals surface area contributed by atoms with E-state index in [0.29, 0.717) is 11.6 Å². The number of benzene rings is 1. The maximum Gasteiger partial charge on any atom is 0.271 e. The third-order valence-electron chi connectivity index (χ3n) is 3.97. The minimum Gasteiger partial charge on any atom is -0.346 e. The Morgan fingerprint density at radius 1 is 1.33 bits per heavy atom. The molecule has 0 bridgehead atoms. The van der Waals surface area contributed by atoms with E-state index in [-0.39, 0.29) is 42.6 Å². The second-order valence-electron chi connectivity index (χ2n) is 5.59. The van der Waals surface area contributed by atoms with E-state index in [0.717, 1.165) is 30.1 Å². The van der Waals surface area contributed by atoms with Crippen LogP contribution in [0.15, 0.2) is 29.6 Å². The second-order valence-corrected chi connectivity index (χ2v) is 6.45. The molecule has 0 aliphatic carbocycles. The molecule has 1 fully saturated rings. The lowest BCUT2D eigenvalue weighted by Crippen LogP contribution is -2.50. The average Bonchev–Trinajstić information content (AvgIpc) is 3.00. The summed E-state index contributed by atoms with van der Waals surface area (Å²) in [5.74, 6) is 0.0302. The van der Waals surface area contributed by atoms with Crippen molar-refractivity contribution in [2.24, 2.45) is 5.92 Å². The molecule has 1 saturated heterocycles. The van der Waals surface area contributed by atoms with Crippen molar-refractivity contribution in [2.45, 2.75) is 19.4 Å². The molecule has 0 radical (unpaired) electrons. The Hall–Kier alpha value is -1.21. The van der Waals surface area contributed by atoms with Gasteiger partial charge in [0.25, 0.3) is 5.91 Å². The van der Waals surface area contributed by atoms with Crippen LogP contribution in [0, 0.1) is 11.7 Å². The molecule has 8 heteroatoms. The predicted molar refractivity (Wildman–Crippen MR) is 99.9 cm³/mol. The summed E-state index contributed by atoms with van der Waals surface area (Å²) in [6, 6.07) is 6.26. The van der Waals surface area contributed by atoms with Gasteiger partial charge in [0.05, 0.1) is 0 Å². The Labute approximate surface area is 157 Å². The van der Waals surface area contributed by atoms with Gasteiger partial charge in [-0.15, -0.1) is 36.2 Å². The average molecular weight is 392 g/mol. The molecule has 2 aromatic rings. The molecular weight excluding hydrogens is 372 g/mol. The quantitative estimate of drug-likeness (QED) is 0.841. The van der Waals surface area contributed by atoms with Crippen molar-refractivity contribution in [3.05, 3.63) is 41.2 Å². The summed E-state index contributed by atoms with van der Waals surface area (Å²) in [7, 11) is 0. The highest BCUT2D eigenvalue weighted by Crippen LogP contribution is 2.24. The smallest absolute Gasteiger partial charge is 0.271 e. The number of hydrogen-bond acceptors (Lipinski definition) is 4. The van der Waals surface area contributed by atoms with Gasteiger partial charge in [0, 0.05) is 23.5 Å². The van der Waals surface area contributed by atoms with Gasteiger partial charge < -0.3 is 10.6 Å². The molecule has 3 rings (SSSR count). The number of aromatic nitrogens is 1. The van der Waals surface area contributed by atoms with Gasteiger partial charge in [0.15, 0.2) is 0 Å². The van der Waals surface area contributed by atoms with E-state index in [1.54, 1.807) is 17.5 Å². The van der Waals surface area contributed by atoms with Crippen molar-refractivity contribution >= 4 is 42.1 Å². The van der Waals surface area contributed by atoms with Crippen molar-refractivity contribution in [3.8, 4) is 10.6 Å². The van der Waals surface area contributed by atoms with Crippen LogP contribution in [0.25, 0.3) is 10.6 Å². The van der Waals surface area contributed by atoms with Gasteiger partial charge in [-0.2, -0.15) is 0 Å². The van der Waals surface area contributed by atoms with Crippen molar-refractivity contribution in [2.75, 3.05) is 13.1 Å². The van der Waals surface area contributed by atoms with Crippen LogP contribution in [0.2, 0.25) is 0 Å². The highest BCUT2D eigenvalue weighted by atomic mass is 35.5. The molecule has 2 unspecified atom stereocenters. The Kier molecular flexibility index (Phi) is 8.09. The minimum atomic E-state index is -0.281. The summed E-state index contributed by atoms with van der Waals surface area (Å²) in [6.45, 7) is 3.94. The number of halogens is 3. The van der Waals surface area contributed by atoms with Crippen molar-refractivity contribution in [1.82, 2.24) is 15.6 Å². The number of thiazole rings is 1. The number of nitrogens with zero attached hydrogens (tertiary/aromatic N) is 1. The van der Waals surface area contributed by atoms with Crippen molar-refractivity contribution in [3.63, 3.8) is 0 Å². The topological polar surface area (TPSA) is 54.0 Å². The second kappa shape index (κ2) is 9.32. The van der Waals surface area contributed by atoms with Crippen LogP contribution in [0.4, 0.5) is 4.39 Å². The number of carbonyl (C=O) groups is 1. The predicted octanol–water partition coefficient (Wildman–Crippen LogP) is 3.52. The Bertz CT molecular complexity index is 666. The molecule has 1 aromatic carbocycles. The van der Waals surface area contributed by atoms with E-state index in [9.17, 15) is 9.18 Å². The van der Waals surface area contributed by atoms with Gasteiger partial charge in [-0.3, -0.25) is 4.79 Å². The highest BCUT2D eigenvalue weighted by Gasteiger charge is 2.24. The first-order valence-corrected chi connectivity index (χ1v) is 8.24. The van der Waals surface area contributed by atoms with E-state index in [1.165, 1.54) is 23.5 Å². The molecule has 24 heavy (non-hydrogen) atoms. The van der Waals surface area contributed by atoms with Crippen LogP contribution in [-0.2, 0) is 0 Å². The number of carbonyl (C=O) groups excluding carboxylic acids is 1. The largest absolute Gasteiger partial charge is 0.346 e. The number of rotatable bonds is 3. The van der Waals surface area contributed by atoms with Crippen LogP contribution in [0.3, 0.4) is 0 Å². The van der Waals surface area contributed by atoms with Gasteiger partial charge in [-0.25, -0.2) is 9.37 Å². The van der Waals surface area contributed by atoms with Crippen molar-refractivity contribution < 1.29 is 9.18 Å². The first-order valence-electron chi connectivity index (χ1n) is 7.36. The zero-order chi connectivity index (χ0) is 15.5. The molecule has 0 saturated carbocycles. The van der Waals surface area contributed by atoms with E-state index < -0.39 is 0 Å². The fourth-order valence-corrected chi connectivity index (χ4v) is 3.33. The Balaban J connectivity index is 0.00000144. The van der Waals surface area contributed by atoms with Gasteiger partial charge in [-0.05, 0) is 43.1 Å². The monoisotopic (exact) mass is 391 g/mol. The molecule has 0 spiro atoms. The lowest BCUT2D eigenvalue weighted by molar-refractivity contribution is 0.0911. The van der Waals surface area contributed by atoms with Gasteiger partial charge in [0.1, 0.15) is 16.5 Å². The van der Waals surface area contributed by atoms with Crippen LogP contribution < -0.4 is 10.6 Å². The molecule has 1 aliphatic rings. The van der Waals surface area contributed by atoms with Gasteiger partial charge in [0.2, 0.25) is 0 Å². The van der Waals surface area contributed by atoms with E-state index >= 15 is 0 Å².